The summed E-state index contributed by atoms with van der Waals surface area (Å²) < 4.78 is 0. The summed E-state index contributed by atoms with van der Waals surface area (Å²) >= 11 is 8.20. The van der Waals surface area contributed by atoms with Gasteiger partial charge in [-0.1, -0.05) is 25.4 Å². The van der Waals surface area contributed by atoms with Crippen molar-refractivity contribution >= 4 is 29.2 Å². The van der Waals surface area contributed by atoms with Crippen molar-refractivity contribution in [2.24, 2.45) is 5.92 Å². The number of hydrogen-bond donors (Lipinski definition) is 1. The van der Waals surface area contributed by atoms with Crippen molar-refractivity contribution in [3.63, 3.8) is 0 Å². The molecule has 0 amide bonds. The Morgan fingerprint density at radius 3 is 2.65 bits per heavy atom. The Hall–Kier alpha value is -0.450. The lowest BCUT2D eigenvalue weighted by Crippen LogP contribution is -2.31. The van der Waals surface area contributed by atoms with Gasteiger partial charge in [0.2, 0.25) is 0 Å². The highest BCUT2D eigenvalue weighted by molar-refractivity contribution is 7.98. The maximum absolute atomic E-state index is 6.37. The van der Waals surface area contributed by atoms with E-state index in [9.17, 15) is 0 Å². The molecule has 3 nitrogen and oxygen atoms in total. The van der Waals surface area contributed by atoms with Crippen LogP contribution in [0.15, 0.2) is 12.3 Å². The molecule has 1 aromatic heterocycles. The molecular weight excluding hydrogens is 290 g/mol. The zero-order chi connectivity index (χ0) is 15.1. The number of pyridine rings is 1. The second kappa shape index (κ2) is 8.75. The summed E-state index contributed by atoms with van der Waals surface area (Å²) in [5.41, 5.74) is 1.13. The fourth-order valence-corrected chi connectivity index (χ4v) is 2.92. The molecular formula is C15H26ClN3S. The monoisotopic (exact) mass is 315 g/mol. The lowest BCUT2D eigenvalue weighted by molar-refractivity contribution is 0.552. The van der Waals surface area contributed by atoms with E-state index in [0.717, 1.165) is 35.2 Å². The number of rotatable bonds is 8. The van der Waals surface area contributed by atoms with Crippen LogP contribution in [0.25, 0.3) is 0 Å². The Morgan fingerprint density at radius 1 is 1.40 bits per heavy atom. The standard InChI is InChI=1S/C15H26ClN3S/c1-11(2)7-17-8-13-6-14(16)15(18-9-13)19(4)12(3)10-20-5/h6,9,11-12,17H,7-8,10H2,1-5H3. The van der Waals surface area contributed by atoms with E-state index in [2.05, 4.69) is 42.2 Å². The highest BCUT2D eigenvalue weighted by Gasteiger charge is 2.14. The van der Waals surface area contributed by atoms with Crippen molar-refractivity contribution in [2.45, 2.75) is 33.4 Å². The fourth-order valence-electron chi connectivity index (χ4n) is 1.89. The van der Waals surface area contributed by atoms with Crippen molar-refractivity contribution in [3.05, 3.63) is 22.8 Å². The molecule has 1 atom stereocenters. The largest absolute Gasteiger partial charge is 0.355 e. The number of hydrogen-bond acceptors (Lipinski definition) is 4. The topological polar surface area (TPSA) is 28.2 Å². The molecule has 1 aromatic rings. The van der Waals surface area contributed by atoms with Gasteiger partial charge in [0, 0.05) is 31.6 Å². The zero-order valence-corrected chi connectivity index (χ0v) is 14.7. The summed E-state index contributed by atoms with van der Waals surface area (Å²) in [5, 5.41) is 4.13. The Morgan fingerprint density at radius 2 is 2.10 bits per heavy atom. The average Bonchev–Trinajstić information content (AvgIpc) is 2.38. The van der Waals surface area contributed by atoms with Gasteiger partial charge in [0.1, 0.15) is 5.82 Å². The van der Waals surface area contributed by atoms with E-state index >= 15 is 0 Å². The van der Waals surface area contributed by atoms with Gasteiger partial charge in [-0.05, 0) is 37.3 Å². The van der Waals surface area contributed by atoms with E-state index in [4.69, 9.17) is 11.6 Å². The van der Waals surface area contributed by atoms with Gasteiger partial charge in [0.25, 0.3) is 0 Å². The van der Waals surface area contributed by atoms with E-state index in [0.29, 0.717) is 12.0 Å². The summed E-state index contributed by atoms with van der Waals surface area (Å²) in [6.45, 7) is 8.40. The molecule has 1 heterocycles. The molecule has 0 spiro atoms. The van der Waals surface area contributed by atoms with Crippen molar-refractivity contribution in [1.29, 1.82) is 0 Å². The maximum Gasteiger partial charge on any atom is 0.147 e. The van der Waals surface area contributed by atoms with E-state index in [-0.39, 0.29) is 0 Å². The summed E-state index contributed by atoms with van der Waals surface area (Å²) in [7, 11) is 2.05. The molecule has 0 saturated carbocycles. The third kappa shape index (κ3) is 5.51. The molecule has 5 heteroatoms. The first-order valence-electron chi connectivity index (χ1n) is 7.02. The maximum atomic E-state index is 6.37. The predicted octanol–water partition coefficient (Wildman–Crippen LogP) is 3.67. The first-order valence-corrected chi connectivity index (χ1v) is 8.79. The van der Waals surface area contributed by atoms with Gasteiger partial charge in [-0.15, -0.1) is 0 Å². The molecule has 114 valence electrons. The van der Waals surface area contributed by atoms with E-state index < -0.39 is 0 Å². The Labute approximate surface area is 132 Å². The average molecular weight is 316 g/mol. The summed E-state index contributed by atoms with van der Waals surface area (Å²) in [6.07, 6.45) is 4.03. The lowest BCUT2D eigenvalue weighted by atomic mass is 10.2. The molecule has 0 radical (unpaired) electrons. The van der Waals surface area contributed by atoms with Crippen LogP contribution < -0.4 is 10.2 Å². The summed E-state index contributed by atoms with van der Waals surface area (Å²) in [6, 6.07) is 2.43. The van der Waals surface area contributed by atoms with Crippen LogP contribution in [0.3, 0.4) is 0 Å². The minimum atomic E-state index is 0.417. The molecule has 1 rings (SSSR count). The molecule has 20 heavy (non-hydrogen) atoms. The first-order chi connectivity index (χ1) is 9.45. The predicted molar refractivity (Wildman–Crippen MR) is 92.0 cm³/mol. The van der Waals surface area contributed by atoms with Crippen molar-refractivity contribution in [2.75, 3.05) is 30.5 Å². The Kier molecular flexibility index (Phi) is 7.70. The molecule has 0 aliphatic rings. The molecule has 1 unspecified atom stereocenters. The van der Waals surface area contributed by atoms with Gasteiger partial charge >= 0.3 is 0 Å². The molecule has 1 N–H and O–H groups in total. The summed E-state index contributed by atoms with van der Waals surface area (Å²) in [5.74, 6) is 2.57. The van der Waals surface area contributed by atoms with Gasteiger partial charge in [0.05, 0.1) is 5.02 Å². The molecule has 0 aromatic carbocycles. The zero-order valence-electron chi connectivity index (χ0n) is 13.1. The second-order valence-electron chi connectivity index (χ2n) is 5.59. The molecule has 0 bridgehead atoms. The molecule has 0 saturated heterocycles. The van der Waals surface area contributed by atoms with Crippen LogP contribution in [-0.4, -0.2) is 36.6 Å². The minimum Gasteiger partial charge on any atom is -0.355 e. The van der Waals surface area contributed by atoms with E-state index in [1.807, 2.05) is 31.1 Å². The van der Waals surface area contributed by atoms with Crippen molar-refractivity contribution in [1.82, 2.24) is 10.3 Å². The SMILES string of the molecule is CSCC(C)N(C)c1ncc(CNCC(C)C)cc1Cl. The van der Waals surface area contributed by atoms with Gasteiger partial charge in [-0.25, -0.2) is 4.98 Å². The quantitative estimate of drug-likeness (QED) is 0.792. The Balaban J connectivity index is 2.67. The van der Waals surface area contributed by atoms with Crippen LogP contribution in [0.5, 0.6) is 0 Å². The third-order valence-electron chi connectivity index (χ3n) is 3.16. The number of nitrogens with one attached hydrogen (secondary N) is 1. The fraction of sp³-hybridized carbons (Fsp3) is 0.667. The molecule has 0 fully saturated rings. The number of halogens is 1. The Bertz CT molecular complexity index is 412. The second-order valence-corrected chi connectivity index (χ2v) is 6.91. The van der Waals surface area contributed by atoms with Gasteiger partial charge < -0.3 is 10.2 Å². The van der Waals surface area contributed by atoms with Crippen LogP contribution in [0, 0.1) is 5.92 Å². The molecule has 0 aliphatic heterocycles. The number of nitrogens with zero attached hydrogens (tertiary/aromatic N) is 2. The van der Waals surface area contributed by atoms with Crippen LogP contribution in [0.4, 0.5) is 5.82 Å². The van der Waals surface area contributed by atoms with Gasteiger partial charge in [-0.2, -0.15) is 11.8 Å². The van der Waals surface area contributed by atoms with Crippen LogP contribution in [-0.2, 0) is 6.54 Å². The van der Waals surface area contributed by atoms with Crippen molar-refractivity contribution < 1.29 is 0 Å². The first kappa shape index (κ1) is 17.6. The smallest absolute Gasteiger partial charge is 0.147 e. The third-order valence-corrected chi connectivity index (χ3v) is 4.26. The van der Waals surface area contributed by atoms with Crippen LogP contribution >= 0.6 is 23.4 Å². The highest BCUT2D eigenvalue weighted by Crippen LogP contribution is 2.25. The highest BCUT2D eigenvalue weighted by atomic mass is 35.5. The van der Waals surface area contributed by atoms with Crippen molar-refractivity contribution in [3.8, 4) is 0 Å². The van der Waals surface area contributed by atoms with Gasteiger partial charge in [-0.3, -0.25) is 0 Å². The van der Waals surface area contributed by atoms with Crippen LogP contribution in [0.2, 0.25) is 5.02 Å². The molecule has 0 aliphatic carbocycles. The van der Waals surface area contributed by atoms with E-state index in [1.165, 1.54) is 0 Å². The number of anilines is 1. The minimum absolute atomic E-state index is 0.417. The lowest BCUT2D eigenvalue weighted by Gasteiger charge is -2.26. The number of thioether (sulfide) groups is 1. The van der Waals surface area contributed by atoms with Crippen LogP contribution in [0.1, 0.15) is 26.3 Å². The summed E-state index contributed by atoms with van der Waals surface area (Å²) in [4.78, 5) is 6.67. The number of aromatic nitrogens is 1. The van der Waals surface area contributed by atoms with Gasteiger partial charge in [0.15, 0.2) is 0 Å². The van der Waals surface area contributed by atoms with E-state index in [1.54, 1.807) is 0 Å². The normalized spacial score (nSPS) is 12.8.